The van der Waals surface area contributed by atoms with E-state index in [1.54, 1.807) is 12.4 Å². The van der Waals surface area contributed by atoms with Crippen LogP contribution in [-0.2, 0) is 11.3 Å². The third-order valence-corrected chi connectivity index (χ3v) is 1.49. The van der Waals surface area contributed by atoms with Crippen molar-refractivity contribution < 1.29 is 22.3 Å². The van der Waals surface area contributed by atoms with Gasteiger partial charge in [0.05, 0.1) is 6.42 Å². The van der Waals surface area contributed by atoms with Gasteiger partial charge in [-0.25, -0.2) is 4.98 Å². The molecular formula is C7H10ClN2O2-. The van der Waals surface area contributed by atoms with Crippen molar-refractivity contribution in [3.05, 3.63) is 18.2 Å². The highest BCUT2D eigenvalue weighted by molar-refractivity contribution is 5.66. The van der Waals surface area contributed by atoms with E-state index in [9.17, 15) is 4.79 Å². The molecule has 0 spiro atoms. The SMILES string of the molecule is Cc1nccn1CCC(=O)O.[Cl-]. The maximum Gasteiger partial charge on any atom is 0.305 e. The highest BCUT2D eigenvalue weighted by atomic mass is 35.5. The quantitative estimate of drug-likeness (QED) is 0.581. The molecule has 12 heavy (non-hydrogen) atoms. The average molecular weight is 190 g/mol. The first-order chi connectivity index (χ1) is 5.20. The summed E-state index contributed by atoms with van der Waals surface area (Å²) in [6, 6.07) is 0. The van der Waals surface area contributed by atoms with Crippen LogP contribution in [0.15, 0.2) is 12.4 Å². The molecule has 1 aromatic heterocycles. The van der Waals surface area contributed by atoms with Crippen LogP contribution in [0, 0.1) is 6.92 Å². The molecule has 0 bridgehead atoms. The number of carboxylic acid groups (broad SMARTS) is 1. The van der Waals surface area contributed by atoms with Crippen LogP contribution in [0.25, 0.3) is 0 Å². The molecule has 0 aromatic carbocycles. The molecule has 68 valence electrons. The Labute approximate surface area is 76.6 Å². The summed E-state index contributed by atoms with van der Waals surface area (Å²) in [4.78, 5) is 14.1. The normalized spacial score (nSPS) is 9.08. The molecule has 0 amide bonds. The Bertz CT molecular complexity index is 260. The first-order valence-corrected chi connectivity index (χ1v) is 3.39. The van der Waals surface area contributed by atoms with Crippen LogP contribution in [0.5, 0.6) is 0 Å². The second kappa shape index (κ2) is 4.77. The molecule has 0 radical (unpaired) electrons. The van der Waals surface area contributed by atoms with Crippen molar-refractivity contribution in [1.29, 1.82) is 0 Å². The Hall–Kier alpha value is -1.03. The van der Waals surface area contributed by atoms with Crippen molar-refractivity contribution in [1.82, 2.24) is 9.55 Å². The van der Waals surface area contributed by atoms with Crippen molar-refractivity contribution >= 4 is 5.97 Å². The third kappa shape index (κ3) is 2.92. The first-order valence-electron chi connectivity index (χ1n) is 3.39. The van der Waals surface area contributed by atoms with E-state index in [0.29, 0.717) is 6.54 Å². The van der Waals surface area contributed by atoms with E-state index in [1.807, 2.05) is 11.5 Å². The molecule has 0 fully saturated rings. The van der Waals surface area contributed by atoms with Crippen molar-refractivity contribution in [2.75, 3.05) is 0 Å². The number of rotatable bonds is 3. The number of halogens is 1. The number of aromatic nitrogens is 2. The van der Waals surface area contributed by atoms with Gasteiger partial charge >= 0.3 is 5.97 Å². The van der Waals surface area contributed by atoms with Crippen LogP contribution >= 0.6 is 0 Å². The standard InChI is InChI=1S/C7H10N2O2.ClH/c1-6-8-3-5-9(6)4-2-7(10)11;/h3,5H,2,4H2,1H3,(H,10,11);1H/p-1. The Morgan fingerprint density at radius 3 is 2.83 bits per heavy atom. The van der Waals surface area contributed by atoms with Crippen molar-refractivity contribution in [3.8, 4) is 0 Å². The fourth-order valence-electron chi connectivity index (χ4n) is 0.856. The van der Waals surface area contributed by atoms with Crippen LogP contribution in [0.2, 0.25) is 0 Å². The van der Waals surface area contributed by atoms with Crippen molar-refractivity contribution in [2.45, 2.75) is 19.9 Å². The molecule has 1 rings (SSSR count). The molecule has 5 heteroatoms. The molecule has 0 atom stereocenters. The smallest absolute Gasteiger partial charge is 0.305 e. The van der Waals surface area contributed by atoms with Gasteiger partial charge in [0.15, 0.2) is 0 Å². The lowest BCUT2D eigenvalue weighted by atomic mass is 10.4. The van der Waals surface area contributed by atoms with Gasteiger partial charge in [0.1, 0.15) is 5.82 Å². The molecule has 1 N–H and O–H groups in total. The number of aryl methyl sites for hydroxylation is 2. The summed E-state index contributed by atoms with van der Waals surface area (Å²) in [6.07, 6.45) is 3.59. The molecule has 4 nitrogen and oxygen atoms in total. The number of hydrogen-bond acceptors (Lipinski definition) is 2. The lowest BCUT2D eigenvalue weighted by molar-refractivity contribution is -0.137. The molecule has 0 saturated heterocycles. The predicted octanol–water partition coefficient (Wildman–Crippen LogP) is -2.33. The molecule has 0 unspecified atom stereocenters. The molecule has 1 heterocycles. The summed E-state index contributed by atoms with van der Waals surface area (Å²) in [5, 5.41) is 8.37. The summed E-state index contributed by atoms with van der Waals surface area (Å²) >= 11 is 0. The van der Waals surface area contributed by atoms with Gasteiger partial charge in [0.2, 0.25) is 0 Å². The zero-order valence-corrected chi connectivity index (χ0v) is 7.45. The highest BCUT2D eigenvalue weighted by Crippen LogP contribution is 1.96. The van der Waals surface area contributed by atoms with E-state index in [0.717, 1.165) is 5.82 Å². The minimum atomic E-state index is -0.780. The number of nitrogens with zero attached hydrogens (tertiary/aromatic N) is 2. The second-order valence-electron chi connectivity index (χ2n) is 2.31. The number of carboxylic acids is 1. The van der Waals surface area contributed by atoms with E-state index in [4.69, 9.17) is 5.11 Å². The van der Waals surface area contributed by atoms with Gasteiger partial charge in [-0.2, -0.15) is 0 Å². The molecule has 1 aromatic rings. The summed E-state index contributed by atoms with van der Waals surface area (Å²) < 4.78 is 1.81. The minimum Gasteiger partial charge on any atom is -1.00 e. The van der Waals surface area contributed by atoms with E-state index in [1.165, 1.54) is 0 Å². The number of hydrogen-bond donors (Lipinski definition) is 1. The summed E-state index contributed by atoms with van der Waals surface area (Å²) in [7, 11) is 0. The van der Waals surface area contributed by atoms with E-state index in [2.05, 4.69) is 4.98 Å². The third-order valence-electron chi connectivity index (χ3n) is 1.49. The van der Waals surface area contributed by atoms with Gasteiger partial charge in [-0.1, -0.05) is 0 Å². The zero-order valence-electron chi connectivity index (χ0n) is 6.70. The fraction of sp³-hybridized carbons (Fsp3) is 0.429. The van der Waals surface area contributed by atoms with Crippen LogP contribution < -0.4 is 12.4 Å². The van der Waals surface area contributed by atoms with Gasteiger partial charge in [0.25, 0.3) is 0 Å². The Morgan fingerprint density at radius 2 is 2.42 bits per heavy atom. The maximum absolute atomic E-state index is 10.2. The lowest BCUT2D eigenvalue weighted by Gasteiger charge is -2.00. The Morgan fingerprint density at radius 1 is 1.75 bits per heavy atom. The average Bonchev–Trinajstić information content (AvgIpc) is 2.31. The van der Waals surface area contributed by atoms with Crippen LogP contribution in [-0.4, -0.2) is 20.6 Å². The van der Waals surface area contributed by atoms with Crippen LogP contribution in [0.3, 0.4) is 0 Å². The van der Waals surface area contributed by atoms with Crippen molar-refractivity contribution in [2.24, 2.45) is 0 Å². The lowest BCUT2D eigenvalue weighted by Crippen LogP contribution is -3.00. The van der Waals surface area contributed by atoms with E-state index >= 15 is 0 Å². The second-order valence-corrected chi connectivity index (χ2v) is 2.31. The maximum atomic E-state index is 10.2. The van der Waals surface area contributed by atoms with Crippen LogP contribution in [0.4, 0.5) is 0 Å². The minimum absolute atomic E-state index is 0. The van der Waals surface area contributed by atoms with E-state index < -0.39 is 5.97 Å². The summed E-state index contributed by atoms with van der Waals surface area (Å²) in [6.45, 7) is 2.35. The molecule has 0 aliphatic heterocycles. The molecular weight excluding hydrogens is 180 g/mol. The largest absolute Gasteiger partial charge is 1.00 e. The van der Waals surface area contributed by atoms with Gasteiger partial charge in [0, 0.05) is 18.9 Å². The Kier molecular flexibility index (Phi) is 4.36. The van der Waals surface area contributed by atoms with E-state index in [-0.39, 0.29) is 18.8 Å². The fourth-order valence-corrected chi connectivity index (χ4v) is 0.856. The number of aliphatic carboxylic acids is 1. The number of imidazole rings is 1. The topological polar surface area (TPSA) is 55.1 Å². The monoisotopic (exact) mass is 189 g/mol. The number of carbonyl (C=O) groups is 1. The highest BCUT2D eigenvalue weighted by Gasteiger charge is 1.99. The molecule has 0 saturated carbocycles. The van der Waals surface area contributed by atoms with Gasteiger partial charge in [-0.3, -0.25) is 4.79 Å². The predicted molar refractivity (Wildman–Crippen MR) is 39.2 cm³/mol. The van der Waals surface area contributed by atoms with Crippen molar-refractivity contribution in [3.63, 3.8) is 0 Å². The Balaban J connectivity index is 0.00000121. The molecule has 0 aliphatic rings. The zero-order chi connectivity index (χ0) is 8.27. The summed E-state index contributed by atoms with van der Waals surface area (Å²) in [5.74, 6) is 0.0735. The summed E-state index contributed by atoms with van der Waals surface area (Å²) in [5.41, 5.74) is 0. The van der Waals surface area contributed by atoms with Gasteiger partial charge < -0.3 is 22.1 Å². The molecule has 0 aliphatic carbocycles. The van der Waals surface area contributed by atoms with Crippen LogP contribution in [0.1, 0.15) is 12.2 Å². The van der Waals surface area contributed by atoms with Gasteiger partial charge in [-0.05, 0) is 6.92 Å². The first kappa shape index (κ1) is 11.0. The van der Waals surface area contributed by atoms with Gasteiger partial charge in [-0.15, -0.1) is 0 Å².